The van der Waals surface area contributed by atoms with Gasteiger partial charge in [-0.2, -0.15) is 0 Å². The third kappa shape index (κ3) is 2.49. The van der Waals surface area contributed by atoms with Crippen LogP contribution in [0.15, 0.2) is 6.20 Å². The first-order chi connectivity index (χ1) is 9.65. The molecule has 7 heteroatoms. The summed E-state index contributed by atoms with van der Waals surface area (Å²) in [6.45, 7) is 2.86. The van der Waals surface area contributed by atoms with Gasteiger partial charge in [-0.05, 0) is 38.1 Å². The number of rotatable bonds is 3. The van der Waals surface area contributed by atoms with Crippen LogP contribution in [0.25, 0.3) is 0 Å². The van der Waals surface area contributed by atoms with E-state index in [9.17, 15) is 10.1 Å². The predicted octanol–water partition coefficient (Wildman–Crippen LogP) is 1.30. The highest BCUT2D eigenvalue weighted by Crippen LogP contribution is 2.32. The average Bonchev–Trinajstić information content (AvgIpc) is 3.08. The van der Waals surface area contributed by atoms with Gasteiger partial charge in [0.25, 0.3) is 0 Å². The lowest BCUT2D eigenvalue weighted by Crippen LogP contribution is -2.41. The minimum absolute atomic E-state index is 0.116. The van der Waals surface area contributed by atoms with Crippen molar-refractivity contribution in [3.8, 4) is 0 Å². The lowest BCUT2D eigenvalue weighted by atomic mass is 9.88. The van der Waals surface area contributed by atoms with E-state index in [-0.39, 0.29) is 10.6 Å². The number of hydrogen-bond acceptors (Lipinski definition) is 5. The molecule has 110 valence electrons. The third-order valence-electron chi connectivity index (χ3n) is 4.49. The summed E-state index contributed by atoms with van der Waals surface area (Å²) in [5, 5.41) is 18.9. The van der Waals surface area contributed by atoms with Crippen LogP contribution in [-0.4, -0.2) is 40.4 Å². The molecule has 1 atom stereocenters. The van der Waals surface area contributed by atoms with Crippen LogP contribution in [0.5, 0.6) is 0 Å². The molecule has 1 N–H and O–H groups in total. The van der Waals surface area contributed by atoms with Crippen molar-refractivity contribution < 1.29 is 4.92 Å². The van der Waals surface area contributed by atoms with Crippen molar-refractivity contribution >= 4 is 11.5 Å². The Kier molecular flexibility index (Phi) is 3.60. The zero-order valence-electron chi connectivity index (χ0n) is 11.8. The number of nitrogens with zero attached hydrogens (tertiary/aromatic N) is 4. The van der Waals surface area contributed by atoms with Crippen molar-refractivity contribution in [2.45, 2.75) is 31.7 Å². The summed E-state index contributed by atoms with van der Waals surface area (Å²) in [5.74, 6) is 1.23. The smallest absolute Gasteiger partial charge is 0.330 e. The van der Waals surface area contributed by atoms with Crippen molar-refractivity contribution in [2.75, 3.05) is 24.5 Å². The molecule has 1 aromatic rings. The maximum atomic E-state index is 11.1. The van der Waals surface area contributed by atoms with Crippen LogP contribution >= 0.6 is 0 Å². The number of aryl methyl sites for hydroxylation is 1. The van der Waals surface area contributed by atoms with Gasteiger partial charge in [0.1, 0.15) is 6.20 Å². The Morgan fingerprint density at radius 3 is 2.75 bits per heavy atom. The van der Waals surface area contributed by atoms with E-state index in [1.165, 1.54) is 23.7 Å². The fraction of sp³-hybridized carbons (Fsp3) is 0.769. The van der Waals surface area contributed by atoms with Crippen LogP contribution in [0.4, 0.5) is 11.5 Å². The van der Waals surface area contributed by atoms with E-state index in [4.69, 9.17) is 0 Å². The van der Waals surface area contributed by atoms with E-state index < -0.39 is 0 Å². The van der Waals surface area contributed by atoms with Gasteiger partial charge in [0.05, 0.1) is 4.92 Å². The predicted molar refractivity (Wildman–Crippen MR) is 75.8 cm³/mol. The van der Waals surface area contributed by atoms with E-state index in [0.29, 0.717) is 17.8 Å². The van der Waals surface area contributed by atoms with Gasteiger partial charge in [-0.1, -0.05) is 0 Å². The molecule has 2 saturated heterocycles. The molecule has 1 unspecified atom stereocenters. The molecule has 0 spiro atoms. The van der Waals surface area contributed by atoms with Gasteiger partial charge in [0.15, 0.2) is 0 Å². The van der Waals surface area contributed by atoms with Gasteiger partial charge in [0, 0.05) is 26.2 Å². The van der Waals surface area contributed by atoms with Crippen molar-refractivity contribution in [2.24, 2.45) is 13.0 Å². The molecule has 0 radical (unpaired) electrons. The zero-order chi connectivity index (χ0) is 14.1. The fourth-order valence-electron chi connectivity index (χ4n) is 3.45. The molecule has 0 amide bonds. The molecule has 0 saturated carbocycles. The van der Waals surface area contributed by atoms with Crippen molar-refractivity contribution in [3.05, 3.63) is 16.3 Å². The quantitative estimate of drug-likeness (QED) is 0.666. The minimum Gasteiger partial charge on any atom is -0.349 e. The van der Waals surface area contributed by atoms with E-state index in [1.54, 1.807) is 7.05 Å². The topological polar surface area (TPSA) is 76.2 Å². The monoisotopic (exact) mass is 279 g/mol. The Morgan fingerprint density at radius 1 is 1.40 bits per heavy atom. The van der Waals surface area contributed by atoms with E-state index in [2.05, 4.69) is 15.3 Å². The second-order valence-corrected chi connectivity index (χ2v) is 5.80. The average molecular weight is 279 g/mol. The Hall–Kier alpha value is -1.63. The summed E-state index contributed by atoms with van der Waals surface area (Å²) >= 11 is 0. The maximum Gasteiger partial charge on any atom is 0.330 e. The molecule has 0 aliphatic carbocycles. The number of piperidine rings is 1. The second-order valence-electron chi connectivity index (χ2n) is 5.80. The first kappa shape index (κ1) is 13.4. The van der Waals surface area contributed by atoms with Gasteiger partial charge >= 0.3 is 5.69 Å². The lowest BCUT2D eigenvalue weighted by molar-refractivity contribution is -0.384. The SMILES string of the molecule is Cn1cc([N+](=O)[O-])c(N2CCC(C3CCCN3)CC2)n1. The van der Waals surface area contributed by atoms with Gasteiger partial charge in [0.2, 0.25) is 5.82 Å². The highest BCUT2D eigenvalue weighted by Gasteiger charge is 2.31. The summed E-state index contributed by atoms with van der Waals surface area (Å²) < 4.78 is 1.53. The lowest BCUT2D eigenvalue weighted by Gasteiger charge is -2.34. The molecule has 2 aliphatic heterocycles. The van der Waals surface area contributed by atoms with E-state index in [1.807, 2.05) is 0 Å². The van der Waals surface area contributed by atoms with Gasteiger partial charge in [-0.15, -0.1) is 5.10 Å². The minimum atomic E-state index is -0.340. The standard InChI is InChI=1S/C13H21N5O2/c1-16-9-12(18(19)20)13(15-16)17-7-4-10(5-8-17)11-3-2-6-14-11/h9-11,14H,2-8H2,1H3. The number of nitro groups is 1. The van der Waals surface area contributed by atoms with Crippen molar-refractivity contribution in [3.63, 3.8) is 0 Å². The number of aromatic nitrogens is 2. The summed E-state index contributed by atoms with van der Waals surface area (Å²) in [6, 6.07) is 0.649. The van der Waals surface area contributed by atoms with E-state index in [0.717, 1.165) is 32.5 Å². The molecular weight excluding hydrogens is 258 g/mol. The maximum absolute atomic E-state index is 11.1. The van der Waals surface area contributed by atoms with Crippen LogP contribution in [0.3, 0.4) is 0 Å². The van der Waals surface area contributed by atoms with Crippen molar-refractivity contribution in [1.82, 2.24) is 15.1 Å². The molecule has 20 heavy (non-hydrogen) atoms. The number of anilines is 1. The Balaban J connectivity index is 1.67. The molecule has 7 nitrogen and oxygen atoms in total. The third-order valence-corrected chi connectivity index (χ3v) is 4.49. The zero-order valence-corrected chi connectivity index (χ0v) is 11.8. The first-order valence-electron chi connectivity index (χ1n) is 7.31. The fourth-order valence-corrected chi connectivity index (χ4v) is 3.45. The van der Waals surface area contributed by atoms with Crippen LogP contribution < -0.4 is 10.2 Å². The number of nitrogens with one attached hydrogen (secondary N) is 1. The molecule has 3 heterocycles. The Labute approximate surface area is 118 Å². The molecule has 0 bridgehead atoms. The van der Waals surface area contributed by atoms with Crippen LogP contribution in [0.2, 0.25) is 0 Å². The molecule has 2 aliphatic rings. The van der Waals surface area contributed by atoms with Crippen molar-refractivity contribution in [1.29, 1.82) is 0 Å². The first-order valence-corrected chi connectivity index (χ1v) is 7.31. The summed E-state index contributed by atoms with van der Waals surface area (Å²) in [4.78, 5) is 12.8. The van der Waals surface area contributed by atoms with Gasteiger partial charge in [-0.25, -0.2) is 0 Å². The van der Waals surface area contributed by atoms with Crippen LogP contribution in [0, 0.1) is 16.0 Å². The Bertz CT molecular complexity index is 487. The summed E-state index contributed by atoms with van der Waals surface area (Å²) in [7, 11) is 1.73. The highest BCUT2D eigenvalue weighted by molar-refractivity contribution is 5.56. The van der Waals surface area contributed by atoms with Crippen LogP contribution in [0.1, 0.15) is 25.7 Å². The van der Waals surface area contributed by atoms with Gasteiger partial charge < -0.3 is 10.2 Å². The highest BCUT2D eigenvalue weighted by atomic mass is 16.6. The van der Waals surface area contributed by atoms with Crippen LogP contribution in [-0.2, 0) is 7.05 Å². The Morgan fingerprint density at radius 2 is 2.15 bits per heavy atom. The number of hydrogen-bond donors (Lipinski definition) is 1. The molecule has 3 rings (SSSR count). The summed E-state index contributed by atoms with van der Waals surface area (Å²) in [6.07, 6.45) is 6.21. The molecule has 2 fully saturated rings. The molecule has 1 aromatic heterocycles. The normalized spacial score (nSPS) is 24.2. The largest absolute Gasteiger partial charge is 0.349 e. The van der Waals surface area contributed by atoms with E-state index >= 15 is 0 Å². The molecule has 0 aromatic carbocycles. The molecular formula is C13H21N5O2. The second kappa shape index (κ2) is 5.40. The summed E-state index contributed by atoms with van der Waals surface area (Å²) in [5.41, 5.74) is 0.116. The van der Waals surface area contributed by atoms with Gasteiger partial charge in [-0.3, -0.25) is 14.8 Å².